The van der Waals surface area contributed by atoms with Crippen molar-refractivity contribution in [3.05, 3.63) is 0 Å². The molecule has 0 aromatic heterocycles. The van der Waals surface area contributed by atoms with E-state index >= 15 is 0 Å². The molecule has 13 heavy (non-hydrogen) atoms. The molecular formula is C4H10F3NO3P2. The SMILES string of the molecule is CCOP(=O)(N=P(F)(F)F)OCC. The van der Waals surface area contributed by atoms with E-state index in [1.807, 2.05) is 0 Å². The first-order valence-corrected chi connectivity index (χ1v) is 6.36. The van der Waals surface area contributed by atoms with E-state index in [0.29, 0.717) is 0 Å². The van der Waals surface area contributed by atoms with Crippen molar-refractivity contribution < 1.29 is 26.2 Å². The molecule has 0 amide bonds. The molecule has 0 aliphatic carbocycles. The third-order valence-electron chi connectivity index (χ3n) is 0.795. The Kier molecular flexibility index (Phi) is 5.22. The van der Waals surface area contributed by atoms with Crippen LogP contribution in [0.5, 0.6) is 0 Å². The molecule has 0 bridgehead atoms. The van der Waals surface area contributed by atoms with Crippen LogP contribution in [-0.2, 0) is 13.6 Å². The van der Waals surface area contributed by atoms with E-state index in [1.165, 1.54) is 13.8 Å². The van der Waals surface area contributed by atoms with Crippen LogP contribution in [0.25, 0.3) is 0 Å². The summed E-state index contributed by atoms with van der Waals surface area (Å²) in [6.45, 7) is 2.55. The predicted octanol–water partition coefficient (Wildman–Crippen LogP) is 4.02. The lowest BCUT2D eigenvalue weighted by molar-refractivity contribution is 0.221. The molecule has 0 atom stereocenters. The summed E-state index contributed by atoms with van der Waals surface area (Å²) in [5, 5.41) is 0. The highest BCUT2D eigenvalue weighted by molar-refractivity contribution is 7.63. The van der Waals surface area contributed by atoms with Gasteiger partial charge in [0.1, 0.15) is 0 Å². The van der Waals surface area contributed by atoms with E-state index in [1.54, 1.807) is 0 Å². The van der Waals surface area contributed by atoms with Crippen LogP contribution < -0.4 is 0 Å². The molecule has 4 nitrogen and oxygen atoms in total. The molecule has 0 aliphatic rings. The molecule has 0 aliphatic heterocycles. The van der Waals surface area contributed by atoms with Crippen LogP contribution in [0, 0.1) is 0 Å². The minimum Gasteiger partial charge on any atom is -0.291 e. The fourth-order valence-electron chi connectivity index (χ4n) is 0.539. The summed E-state index contributed by atoms with van der Waals surface area (Å²) in [5.41, 5.74) is 0. The zero-order chi connectivity index (χ0) is 10.5. The summed E-state index contributed by atoms with van der Waals surface area (Å²) >= 11 is 0. The number of hydrogen-bond donors (Lipinski definition) is 0. The van der Waals surface area contributed by atoms with Crippen molar-refractivity contribution in [3.8, 4) is 0 Å². The fraction of sp³-hybridized carbons (Fsp3) is 1.00. The van der Waals surface area contributed by atoms with Gasteiger partial charge < -0.3 is 0 Å². The monoisotopic (exact) mass is 239 g/mol. The molecule has 80 valence electrons. The standard InChI is InChI=1S/C4H10F3NO3P2/c1-3-10-13(9,11-4-2)8-12(5,6)7/h3-4H2,1-2H3. The van der Waals surface area contributed by atoms with Gasteiger partial charge in [-0.1, -0.05) is 0 Å². The molecule has 9 heteroatoms. The maximum Gasteiger partial charge on any atom is 0.481 e. The normalized spacial score (nSPS) is 13.0. The quantitative estimate of drug-likeness (QED) is 0.680. The average Bonchev–Trinajstić information content (AvgIpc) is 1.82. The highest BCUT2D eigenvalue weighted by Gasteiger charge is 2.30. The topological polar surface area (TPSA) is 47.9 Å². The third-order valence-corrected chi connectivity index (χ3v) is 3.65. The van der Waals surface area contributed by atoms with Gasteiger partial charge in [-0.15, -0.1) is 17.1 Å². The summed E-state index contributed by atoms with van der Waals surface area (Å²) in [4.78, 5) is 0. The van der Waals surface area contributed by atoms with Crippen LogP contribution in [0.1, 0.15) is 13.8 Å². The summed E-state index contributed by atoms with van der Waals surface area (Å²) in [5.74, 6) is 0. The third kappa shape index (κ3) is 6.27. The molecule has 0 saturated carbocycles. The van der Waals surface area contributed by atoms with Crippen molar-refractivity contribution in [2.75, 3.05) is 13.2 Å². The first-order valence-electron chi connectivity index (χ1n) is 3.45. The van der Waals surface area contributed by atoms with Crippen molar-refractivity contribution in [2.24, 2.45) is 4.52 Å². The Morgan fingerprint density at radius 2 is 1.54 bits per heavy atom. The summed E-state index contributed by atoms with van der Waals surface area (Å²) in [7, 11) is -10.3. The second-order valence-corrected chi connectivity index (χ2v) is 4.82. The first kappa shape index (κ1) is 13.2. The smallest absolute Gasteiger partial charge is 0.291 e. The van der Waals surface area contributed by atoms with E-state index in [4.69, 9.17) is 0 Å². The van der Waals surface area contributed by atoms with Crippen LogP contribution in [0.4, 0.5) is 12.6 Å². The van der Waals surface area contributed by atoms with Gasteiger partial charge in [0.05, 0.1) is 13.2 Å². The minimum atomic E-state index is -5.98. The summed E-state index contributed by atoms with van der Waals surface area (Å²) in [6.07, 6.45) is 0. The fourth-order valence-corrected chi connectivity index (χ4v) is 2.67. The van der Waals surface area contributed by atoms with Crippen molar-refractivity contribution in [1.29, 1.82) is 0 Å². The predicted molar refractivity (Wildman–Crippen MR) is 43.5 cm³/mol. The Bertz CT molecular complexity index is 235. The second-order valence-electron chi connectivity index (χ2n) is 1.81. The Balaban J connectivity index is 4.71. The van der Waals surface area contributed by atoms with Gasteiger partial charge in [0, 0.05) is 0 Å². The highest BCUT2D eigenvalue weighted by atomic mass is 31.3. The molecule has 0 rings (SSSR count). The summed E-state index contributed by atoms with van der Waals surface area (Å²) in [6, 6.07) is 0. The molecule has 0 N–H and O–H groups in total. The lowest BCUT2D eigenvalue weighted by Crippen LogP contribution is -1.92. The van der Waals surface area contributed by atoms with Gasteiger partial charge in [0.15, 0.2) is 0 Å². The van der Waals surface area contributed by atoms with Gasteiger partial charge in [-0.3, -0.25) is 9.05 Å². The van der Waals surface area contributed by atoms with Gasteiger partial charge in [0.2, 0.25) is 0 Å². The zero-order valence-corrected chi connectivity index (χ0v) is 8.90. The average molecular weight is 239 g/mol. The number of halogens is 3. The van der Waals surface area contributed by atoms with Crippen molar-refractivity contribution >= 4 is 15.7 Å². The molecule has 0 aromatic rings. The van der Waals surface area contributed by atoms with Crippen LogP contribution in [0.15, 0.2) is 4.52 Å². The van der Waals surface area contributed by atoms with Gasteiger partial charge in [-0.05, 0) is 13.8 Å². The van der Waals surface area contributed by atoms with Crippen molar-refractivity contribution in [1.82, 2.24) is 0 Å². The maximum atomic E-state index is 11.8. The van der Waals surface area contributed by atoms with Gasteiger partial charge in [0.25, 0.3) is 0 Å². The Hall–Kier alpha value is 0.170. The molecule has 0 spiro atoms. The van der Waals surface area contributed by atoms with E-state index in [-0.39, 0.29) is 13.2 Å². The lowest BCUT2D eigenvalue weighted by Gasteiger charge is -2.10. The van der Waals surface area contributed by atoms with E-state index < -0.39 is 15.7 Å². The number of hydrogen-bond acceptors (Lipinski definition) is 3. The Morgan fingerprint density at radius 3 is 1.77 bits per heavy atom. The van der Waals surface area contributed by atoms with E-state index in [0.717, 1.165) is 0 Å². The van der Waals surface area contributed by atoms with Crippen LogP contribution in [0.3, 0.4) is 0 Å². The van der Waals surface area contributed by atoms with Crippen LogP contribution >= 0.6 is 15.7 Å². The maximum absolute atomic E-state index is 11.8. The van der Waals surface area contributed by atoms with Gasteiger partial charge in [-0.25, -0.2) is 4.57 Å². The van der Waals surface area contributed by atoms with E-state index in [2.05, 4.69) is 13.6 Å². The van der Waals surface area contributed by atoms with E-state index in [9.17, 15) is 17.2 Å². The van der Waals surface area contributed by atoms with Crippen molar-refractivity contribution in [2.45, 2.75) is 13.8 Å². The molecule has 0 heterocycles. The summed E-state index contributed by atoms with van der Waals surface area (Å²) < 4.78 is 57.3. The molecule has 0 radical (unpaired) electrons. The minimum absolute atomic E-state index is 0.138. The molecule has 0 unspecified atom stereocenters. The van der Waals surface area contributed by atoms with Crippen LogP contribution in [0.2, 0.25) is 0 Å². The second kappa shape index (κ2) is 5.15. The first-order chi connectivity index (χ1) is 5.83. The Labute approximate surface area is 74.4 Å². The largest absolute Gasteiger partial charge is 0.481 e. The zero-order valence-electron chi connectivity index (χ0n) is 7.11. The lowest BCUT2D eigenvalue weighted by atomic mass is 10.9. The molecule has 0 saturated heterocycles. The van der Waals surface area contributed by atoms with Gasteiger partial charge >= 0.3 is 15.7 Å². The molecular weight excluding hydrogens is 229 g/mol. The highest BCUT2D eigenvalue weighted by Crippen LogP contribution is 2.66. The number of nitrogens with zero attached hydrogens (tertiary/aromatic N) is 1. The Morgan fingerprint density at radius 1 is 1.15 bits per heavy atom. The number of rotatable bonds is 5. The van der Waals surface area contributed by atoms with Crippen molar-refractivity contribution in [3.63, 3.8) is 0 Å². The van der Waals surface area contributed by atoms with Crippen LogP contribution in [-0.4, -0.2) is 13.2 Å². The molecule has 0 aromatic carbocycles. The van der Waals surface area contributed by atoms with Gasteiger partial charge in [-0.2, -0.15) is 0 Å². The molecule has 0 fully saturated rings.